The molecule has 0 spiro atoms. The molecule has 0 aromatic heterocycles. The third-order valence-electron chi connectivity index (χ3n) is 5.43. The van der Waals surface area contributed by atoms with E-state index in [1.165, 1.54) is 7.11 Å². The topological polar surface area (TPSA) is 102 Å². The lowest BCUT2D eigenvalue weighted by Gasteiger charge is -2.24. The molecule has 8 heteroatoms. The van der Waals surface area contributed by atoms with Crippen LogP contribution in [-0.2, 0) is 27.3 Å². The fraction of sp³-hybridized carbons (Fsp3) is 0.154. The number of carbonyl (C=O) groups excluding carboxylic acids is 4. The van der Waals surface area contributed by atoms with Crippen molar-refractivity contribution in [3.63, 3.8) is 0 Å². The van der Waals surface area contributed by atoms with Gasteiger partial charge in [0.1, 0.15) is 12.6 Å². The molecule has 0 saturated heterocycles. The van der Waals surface area contributed by atoms with Crippen LogP contribution in [-0.4, -0.2) is 41.9 Å². The van der Waals surface area contributed by atoms with Crippen LogP contribution in [0.4, 0.5) is 10.5 Å². The monoisotopic (exact) mass is 458 g/mol. The van der Waals surface area contributed by atoms with Crippen molar-refractivity contribution in [1.82, 2.24) is 4.90 Å². The van der Waals surface area contributed by atoms with Gasteiger partial charge in [-0.3, -0.25) is 19.8 Å². The number of rotatable bonds is 7. The summed E-state index contributed by atoms with van der Waals surface area (Å²) in [5, 5.41) is 2.65. The number of nitrogens with one attached hydrogen (secondary N) is 1. The Morgan fingerprint density at radius 3 is 2.12 bits per heavy atom. The number of esters is 1. The second-order valence-electron chi connectivity index (χ2n) is 7.66. The molecule has 0 fully saturated rings. The van der Waals surface area contributed by atoms with Crippen LogP contribution < -0.4 is 5.32 Å². The molecule has 1 N–H and O–H groups in total. The lowest BCUT2D eigenvalue weighted by atomic mass is 10.0. The van der Waals surface area contributed by atoms with E-state index in [-0.39, 0.29) is 24.2 Å². The molecule has 1 aliphatic heterocycles. The van der Waals surface area contributed by atoms with Crippen molar-refractivity contribution in [2.75, 3.05) is 12.4 Å². The van der Waals surface area contributed by atoms with Crippen molar-refractivity contribution in [3.05, 3.63) is 101 Å². The smallest absolute Gasteiger partial charge is 0.411 e. The highest BCUT2D eigenvalue weighted by Crippen LogP contribution is 2.27. The van der Waals surface area contributed by atoms with Crippen molar-refractivity contribution in [2.24, 2.45) is 0 Å². The van der Waals surface area contributed by atoms with Crippen molar-refractivity contribution in [2.45, 2.75) is 19.1 Å². The molecule has 1 heterocycles. The zero-order chi connectivity index (χ0) is 24.1. The second kappa shape index (κ2) is 9.99. The maximum absolute atomic E-state index is 12.9. The Balaban J connectivity index is 1.47. The van der Waals surface area contributed by atoms with Crippen LogP contribution >= 0.6 is 0 Å². The average molecular weight is 458 g/mol. The Hall–Kier alpha value is -4.46. The summed E-state index contributed by atoms with van der Waals surface area (Å²) in [5.74, 6) is -1.81. The molecule has 8 nitrogen and oxygen atoms in total. The van der Waals surface area contributed by atoms with Crippen LogP contribution in [0.25, 0.3) is 0 Å². The predicted molar refractivity (Wildman–Crippen MR) is 123 cm³/mol. The minimum atomic E-state index is -1.15. The summed E-state index contributed by atoms with van der Waals surface area (Å²) in [6.07, 6.45) is -0.613. The Morgan fingerprint density at radius 1 is 0.853 bits per heavy atom. The Bertz CT molecular complexity index is 1210. The highest BCUT2D eigenvalue weighted by atomic mass is 16.5. The number of methoxy groups -OCH3 is 1. The van der Waals surface area contributed by atoms with Crippen LogP contribution in [0, 0.1) is 0 Å². The number of fused-ring (bicyclic) bond motifs is 1. The molecule has 4 rings (SSSR count). The zero-order valence-electron chi connectivity index (χ0n) is 18.4. The van der Waals surface area contributed by atoms with E-state index in [1.807, 2.05) is 30.3 Å². The quantitative estimate of drug-likeness (QED) is 0.427. The molecule has 1 atom stereocenters. The Morgan fingerprint density at radius 2 is 1.47 bits per heavy atom. The van der Waals surface area contributed by atoms with Crippen LogP contribution in [0.5, 0.6) is 0 Å². The number of ether oxygens (including phenoxy) is 2. The van der Waals surface area contributed by atoms with Crippen molar-refractivity contribution < 1.29 is 28.7 Å². The number of carbonyl (C=O) groups is 4. The van der Waals surface area contributed by atoms with E-state index in [0.29, 0.717) is 11.3 Å². The normalized spacial score (nSPS) is 13.3. The molecule has 172 valence electrons. The summed E-state index contributed by atoms with van der Waals surface area (Å²) in [5.41, 5.74) is 2.42. The zero-order valence-corrected chi connectivity index (χ0v) is 18.4. The number of hydrogen-bond acceptors (Lipinski definition) is 6. The SMILES string of the molecule is COC(=O)C(Cc1cccc(NC(=O)OCc2ccccc2)c1)N1C(=O)c2ccccc2C1=O. The van der Waals surface area contributed by atoms with Gasteiger partial charge < -0.3 is 9.47 Å². The first-order valence-corrected chi connectivity index (χ1v) is 10.6. The minimum Gasteiger partial charge on any atom is -0.467 e. The van der Waals surface area contributed by atoms with Crippen molar-refractivity contribution >= 4 is 29.6 Å². The van der Waals surface area contributed by atoms with Gasteiger partial charge >= 0.3 is 12.1 Å². The minimum absolute atomic E-state index is 0.0206. The summed E-state index contributed by atoms with van der Waals surface area (Å²) in [6, 6.07) is 21.3. The number of anilines is 1. The lowest BCUT2D eigenvalue weighted by molar-refractivity contribution is -0.145. The predicted octanol–water partition coefficient (Wildman–Crippen LogP) is 3.82. The first-order valence-electron chi connectivity index (χ1n) is 10.6. The van der Waals surface area contributed by atoms with Crippen molar-refractivity contribution in [1.29, 1.82) is 0 Å². The number of hydrogen-bond donors (Lipinski definition) is 1. The molecule has 3 aromatic carbocycles. The summed E-state index contributed by atoms with van der Waals surface area (Å²) in [7, 11) is 1.20. The third kappa shape index (κ3) is 4.80. The Labute approximate surface area is 196 Å². The molecule has 0 aliphatic carbocycles. The molecule has 0 saturated carbocycles. The van der Waals surface area contributed by atoms with Gasteiger partial charge in [-0.1, -0.05) is 54.6 Å². The summed E-state index contributed by atoms with van der Waals surface area (Å²) in [6.45, 7) is 0.122. The number of benzene rings is 3. The van der Waals surface area contributed by atoms with E-state index in [4.69, 9.17) is 9.47 Å². The largest absolute Gasteiger partial charge is 0.467 e. The van der Waals surface area contributed by atoms with Gasteiger partial charge in [0.05, 0.1) is 18.2 Å². The van der Waals surface area contributed by atoms with Gasteiger partial charge in [-0.05, 0) is 35.4 Å². The highest BCUT2D eigenvalue weighted by Gasteiger charge is 2.43. The van der Waals surface area contributed by atoms with E-state index in [1.54, 1.807) is 48.5 Å². The number of amides is 3. The molecule has 1 unspecified atom stereocenters. The molecular weight excluding hydrogens is 436 g/mol. The van der Waals surface area contributed by atoms with Crippen LogP contribution in [0.1, 0.15) is 31.8 Å². The number of nitrogens with zero attached hydrogens (tertiary/aromatic N) is 1. The first kappa shape index (κ1) is 22.7. The van der Waals surface area contributed by atoms with Crippen LogP contribution in [0.3, 0.4) is 0 Å². The van der Waals surface area contributed by atoms with Gasteiger partial charge in [-0.15, -0.1) is 0 Å². The molecular formula is C26H22N2O6. The van der Waals surface area contributed by atoms with Crippen LogP contribution in [0.2, 0.25) is 0 Å². The van der Waals surface area contributed by atoms with E-state index < -0.39 is 29.9 Å². The molecule has 3 aromatic rings. The molecule has 3 amide bonds. The van der Waals surface area contributed by atoms with E-state index in [2.05, 4.69) is 5.32 Å². The van der Waals surface area contributed by atoms with Gasteiger partial charge in [0.2, 0.25) is 0 Å². The van der Waals surface area contributed by atoms with E-state index in [9.17, 15) is 19.2 Å². The fourth-order valence-electron chi connectivity index (χ4n) is 3.78. The summed E-state index contributed by atoms with van der Waals surface area (Å²) >= 11 is 0. The second-order valence-corrected chi connectivity index (χ2v) is 7.66. The van der Waals surface area contributed by atoms with Crippen molar-refractivity contribution in [3.8, 4) is 0 Å². The van der Waals surface area contributed by atoms with Gasteiger partial charge in [0, 0.05) is 12.1 Å². The molecule has 0 bridgehead atoms. The molecule has 1 aliphatic rings. The fourth-order valence-corrected chi connectivity index (χ4v) is 3.78. The molecule has 34 heavy (non-hydrogen) atoms. The van der Waals surface area contributed by atoms with Gasteiger partial charge in [-0.2, -0.15) is 0 Å². The Kier molecular flexibility index (Phi) is 6.68. The average Bonchev–Trinajstić information content (AvgIpc) is 3.11. The summed E-state index contributed by atoms with van der Waals surface area (Å²) < 4.78 is 10.1. The standard InChI is InChI=1S/C26H22N2O6/c1-33-25(31)22(28-23(29)20-12-5-6-13-21(20)24(28)30)15-18-10-7-11-19(14-18)27-26(32)34-16-17-8-3-2-4-9-17/h2-14,22H,15-16H2,1H3,(H,27,32). The van der Waals surface area contributed by atoms with E-state index >= 15 is 0 Å². The first-order chi connectivity index (χ1) is 16.5. The number of imide groups is 1. The van der Waals surface area contributed by atoms with Gasteiger partial charge in [0.15, 0.2) is 0 Å². The maximum atomic E-state index is 12.9. The lowest BCUT2D eigenvalue weighted by Crippen LogP contribution is -2.46. The van der Waals surface area contributed by atoms with Gasteiger partial charge in [0.25, 0.3) is 11.8 Å². The highest BCUT2D eigenvalue weighted by molar-refractivity contribution is 6.22. The van der Waals surface area contributed by atoms with Crippen LogP contribution in [0.15, 0.2) is 78.9 Å². The third-order valence-corrected chi connectivity index (χ3v) is 5.43. The molecule has 0 radical (unpaired) electrons. The van der Waals surface area contributed by atoms with Gasteiger partial charge in [-0.25, -0.2) is 9.59 Å². The maximum Gasteiger partial charge on any atom is 0.411 e. The van der Waals surface area contributed by atoms with E-state index in [0.717, 1.165) is 10.5 Å². The summed E-state index contributed by atoms with van der Waals surface area (Å²) in [4.78, 5) is 51.5.